The molecule has 1 saturated heterocycles. The lowest BCUT2D eigenvalue weighted by Gasteiger charge is -2.35. The highest BCUT2D eigenvalue weighted by molar-refractivity contribution is 5.70. The lowest BCUT2D eigenvalue weighted by molar-refractivity contribution is -0.143. The van der Waals surface area contributed by atoms with Crippen LogP contribution < -0.4 is 10.8 Å². The third-order valence-corrected chi connectivity index (χ3v) is 6.10. The van der Waals surface area contributed by atoms with Crippen molar-refractivity contribution in [1.82, 2.24) is 15.7 Å². The number of carbonyl (C=O) groups is 1. The Kier molecular flexibility index (Phi) is 5.57. The average molecular weight is 325 g/mol. The summed E-state index contributed by atoms with van der Waals surface area (Å²) in [5.41, 5.74) is 3.15. The molecule has 0 radical (unpaired) electrons. The summed E-state index contributed by atoms with van der Waals surface area (Å²) in [6, 6.07) is 0.700. The molecule has 0 bridgehead atoms. The van der Waals surface area contributed by atoms with E-state index in [4.69, 9.17) is 4.84 Å². The molecule has 4 unspecified atom stereocenters. The third-order valence-electron chi connectivity index (χ3n) is 6.10. The van der Waals surface area contributed by atoms with Crippen molar-refractivity contribution in [3.63, 3.8) is 0 Å². The molecule has 0 aromatic carbocycles. The fraction of sp³-hybridized carbons (Fsp3) is 0.941. The fourth-order valence-corrected chi connectivity index (χ4v) is 4.53. The molecule has 4 atom stereocenters. The molecule has 23 heavy (non-hydrogen) atoms. The summed E-state index contributed by atoms with van der Waals surface area (Å²) in [5, 5.41) is 12.8. The van der Waals surface area contributed by atoms with Gasteiger partial charge in [0.15, 0.2) is 0 Å². The maximum absolute atomic E-state index is 11.2. The Labute approximate surface area is 138 Å². The molecule has 6 nitrogen and oxygen atoms in total. The number of carboxylic acids is 1. The van der Waals surface area contributed by atoms with E-state index in [1.165, 1.54) is 25.7 Å². The van der Waals surface area contributed by atoms with Gasteiger partial charge in [0.2, 0.25) is 0 Å². The van der Waals surface area contributed by atoms with E-state index in [9.17, 15) is 9.90 Å². The van der Waals surface area contributed by atoms with Crippen molar-refractivity contribution < 1.29 is 14.7 Å². The summed E-state index contributed by atoms with van der Waals surface area (Å²) >= 11 is 0. The zero-order valence-electron chi connectivity index (χ0n) is 14.3. The number of hydrogen-bond acceptors (Lipinski definition) is 5. The minimum absolute atomic E-state index is 0.0771. The molecule has 2 saturated carbocycles. The molecule has 3 aliphatic rings. The van der Waals surface area contributed by atoms with E-state index in [0.717, 1.165) is 25.7 Å². The van der Waals surface area contributed by atoms with Gasteiger partial charge >= 0.3 is 5.97 Å². The van der Waals surface area contributed by atoms with E-state index in [-0.39, 0.29) is 18.3 Å². The standard InChI is InChI=1S/C17H31N3O3/c1-20(2)14-8-6-11(7-9-14)16-18-15(19-23-16)12-4-3-5-13(10-12)17(21)22/h11-16,18-19H,3-10H2,1-2H3,(H,21,22). The number of hydroxylamine groups is 1. The molecular formula is C17H31N3O3. The average Bonchev–Trinajstić information content (AvgIpc) is 3.05. The van der Waals surface area contributed by atoms with Crippen LogP contribution in [0.1, 0.15) is 51.4 Å². The van der Waals surface area contributed by atoms with Crippen LogP contribution in [0.4, 0.5) is 0 Å². The zero-order valence-corrected chi connectivity index (χ0v) is 14.3. The highest BCUT2D eigenvalue weighted by Crippen LogP contribution is 2.34. The molecular weight excluding hydrogens is 294 g/mol. The van der Waals surface area contributed by atoms with E-state index >= 15 is 0 Å². The molecule has 1 heterocycles. The van der Waals surface area contributed by atoms with Crippen LogP contribution in [0.2, 0.25) is 0 Å². The Balaban J connectivity index is 1.48. The monoisotopic (exact) mass is 325 g/mol. The normalized spacial score (nSPS) is 42.0. The van der Waals surface area contributed by atoms with Gasteiger partial charge in [0.05, 0.1) is 12.1 Å². The Bertz CT molecular complexity index is 410. The molecule has 6 heteroatoms. The lowest BCUT2D eigenvalue weighted by Crippen LogP contribution is -2.45. The van der Waals surface area contributed by atoms with E-state index in [0.29, 0.717) is 17.9 Å². The number of carboxylic acid groups (broad SMARTS) is 1. The van der Waals surface area contributed by atoms with Gasteiger partial charge < -0.3 is 10.0 Å². The Morgan fingerprint density at radius 3 is 2.48 bits per heavy atom. The number of aliphatic carboxylic acids is 1. The van der Waals surface area contributed by atoms with Crippen LogP contribution in [-0.4, -0.2) is 48.5 Å². The van der Waals surface area contributed by atoms with Crippen LogP contribution in [0.5, 0.6) is 0 Å². The number of hydrogen-bond donors (Lipinski definition) is 3. The minimum Gasteiger partial charge on any atom is -0.481 e. The van der Waals surface area contributed by atoms with Crippen molar-refractivity contribution in [3.05, 3.63) is 0 Å². The second-order valence-electron chi connectivity index (χ2n) is 7.79. The van der Waals surface area contributed by atoms with Crippen molar-refractivity contribution in [2.24, 2.45) is 17.8 Å². The van der Waals surface area contributed by atoms with E-state index in [2.05, 4.69) is 29.8 Å². The summed E-state index contributed by atoms with van der Waals surface area (Å²) in [6.07, 6.45) is 8.68. The first kappa shape index (κ1) is 17.1. The summed E-state index contributed by atoms with van der Waals surface area (Å²) in [4.78, 5) is 19.4. The fourth-order valence-electron chi connectivity index (χ4n) is 4.53. The van der Waals surface area contributed by atoms with Crippen LogP contribution in [0.25, 0.3) is 0 Å². The topological polar surface area (TPSA) is 73.8 Å². The molecule has 0 amide bonds. The van der Waals surface area contributed by atoms with Gasteiger partial charge in [-0.3, -0.25) is 14.9 Å². The van der Waals surface area contributed by atoms with Gasteiger partial charge in [-0.25, -0.2) is 0 Å². The van der Waals surface area contributed by atoms with Crippen LogP contribution in [-0.2, 0) is 9.63 Å². The lowest BCUT2D eigenvalue weighted by atomic mass is 9.79. The minimum atomic E-state index is -0.646. The summed E-state index contributed by atoms with van der Waals surface area (Å²) < 4.78 is 0. The van der Waals surface area contributed by atoms with Gasteiger partial charge in [0.1, 0.15) is 6.23 Å². The first-order chi connectivity index (χ1) is 11.0. The quantitative estimate of drug-likeness (QED) is 0.732. The van der Waals surface area contributed by atoms with E-state index in [1.54, 1.807) is 0 Å². The van der Waals surface area contributed by atoms with Gasteiger partial charge in [0, 0.05) is 12.0 Å². The Morgan fingerprint density at radius 1 is 1.09 bits per heavy atom. The van der Waals surface area contributed by atoms with Crippen LogP contribution in [0.15, 0.2) is 0 Å². The van der Waals surface area contributed by atoms with Crippen molar-refractivity contribution in [2.45, 2.75) is 69.8 Å². The van der Waals surface area contributed by atoms with Crippen molar-refractivity contribution in [2.75, 3.05) is 14.1 Å². The first-order valence-electron chi connectivity index (χ1n) is 9.11. The van der Waals surface area contributed by atoms with Gasteiger partial charge in [-0.15, -0.1) is 0 Å². The molecule has 0 aromatic rings. The number of nitrogens with zero attached hydrogens (tertiary/aromatic N) is 1. The van der Waals surface area contributed by atoms with Gasteiger partial charge in [-0.2, -0.15) is 5.48 Å². The SMILES string of the molecule is CN(C)C1CCC(C2NC(C3CCCC(C(=O)O)C3)NO2)CC1. The largest absolute Gasteiger partial charge is 0.481 e. The van der Waals surface area contributed by atoms with Crippen LogP contribution in [0.3, 0.4) is 0 Å². The number of rotatable bonds is 4. The second kappa shape index (κ2) is 7.47. The Morgan fingerprint density at radius 2 is 1.83 bits per heavy atom. The molecule has 132 valence electrons. The summed E-state index contributed by atoms with van der Waals surface area (Å²) in [5.74, 6) is 0.0784. The highest BCUT2D eigenvalue weighted by atomic mass is 16.7. The summed E-state index contributed by atoms with van der Waals surface area (Å²) in [7, 11) is 4.32. The van der Waals surface area contributed by atoms with Crippen molar-refractivity contribution >= 4 is 5.97 Å². The van der Waals surface area contributed by atoms with Gasteiger partial charge in [-0.1, -0.05) is 6.42 Å². The molecule has 0 aromatic heterocycles. The Hall–Kier alpha value is -0.690. The zero-order chi connectivity index (χ0) is 16.4. The van der Waals surface area contributed by atoms with Crippen LogP contribution >= 0.6 is 0 Å². The first-order valence-corrected chi connectivity index (χ1v) is 9.11. The molecule has 3 N–H and O–H groups in total. The molecule has 3 rings (SSSR count). The maximum Gasteiger partial charge on any atom is 0.306 e. The molecule has 0 spiro atoms. The van der Waals surface area contributed by atoms with Gasteiger partial charge in [0.25, 0.3) is 0 Å². The van der Waals surface area contributed by atoms with Crippen molar-refractivity contribution in [1.29, 1.82) is 0 Å². The number of nitrogens with one attached hydrogen (secondary N) is 2. The molecule has 3 fully saturated rings. The maximum atomic E-state index is 11.2. The second-order valence-corrected chi connectivity index (χ2v) is 7.79. The molecule has 2 aliphatic carbocycles. The van der Waals surface area contributed by atoms with Crippen LogP contribution in [0, 0.1) is 17.8 Å². The summed E-state index contributed by atoms with van der Waals surface area (Å²) in [6.45, 7) is 0. The van der Waals surface area contributed by atoms with Gasteiger partial charge in [-0.05, 0) is 65.0 Å². The third kappa shape index (κ3) is 4.05. The predicted molar refractivity (Wildman–Crippen MR) is 87.4 cm³/mol. The van der Waals surface area contributed by atoms with E-state index < -0.39 is 5.97 Å². The smallest absolute Gasteiger partial charge is 0.306 e. The molecule has 1 aliphatic heterocycles. The van der Waals surface area contributed by atoms with Crippen molar-refractivity contribution in [3.8, 4) is 0 Å². The van der Waals surface area contributed by atoms with E-state index in [1.807, 2.05) is 0 Å². The predicted octanol–water partition coefficient (Wildman–Crippen LogP) is 1.77. The highest BCUT2D eigenvalue weighted by Gasteiger charge is 2.39.